The van der Waals surface area contributed by atoms with E-state index in [2.05, 4.69) is 30.3 Å². The summed E-state index contributed by atoms with van der Waals surface area (Å²) in [5.74, 6) is -0.614. The zero-order valence-corrected chi connectivity index (χ0v) is 31.6. The van der Waals surface area contributed by atoms with Crippen LogP contribution in [0.25, 0.3) is 10.0 Å². The standard InChI is InChI=1S/C37H43N7O5S3/c1-24(2)32(43-36(47)44(3)21-28-23-51-35(41-28)34-38-16-17-50-34)33(46)40-27(18-25-10-6-4-7-11-25)20-31(45)30(19-26-12-8-5-9-13-26)42-37(48)49-22-29-14-15-39-52-29/h4-17,23-24,27,30-32,45H,18-22H2,1-3H3,(H,40,46)(H,42,48)(H,43,47)/t27-,30-,31-,32-/m0/s1. The Balaban J connectivity index is 1.26. The highest BCUT2D eigenvalue weighted by Gasteiger charge is 2.31. The highest BCUT2D eigenvalue weighted by Crippen LogP contribution is 2.26. The van der Waals surface area contributed by atoms with Gasteiger partial charge in [-0.25, -0.2) is 23.9 Å². The molecule has 3 heterocycles. The fraction of sp³-hybridized carbons (Fsp3) is 0.351. The minimum Gasteiger partial charge on any atom is -0.444 e. The predicted molar refractivity (Wildman–Crippen MR) is 204 cm³/mol. The lowest BCUT2D eigenvalue weighted by molar-refractivity contribution is -0.124. The summed E-state index contributed by atoms with van der Waals surface area (Å²) in [4.78, 5) is 51.4. The molecule has 0 aliphatic rings. The average molecular weight is 762 g/mol. The van der Waals surface area contributed by atoms with Crippen molar-refractivity contribution in [3.63, 3.8) is 0 Å². The monoisotopic (exact) mass is 761 g/mol. The number of aromatic nitrogens is 3. The quantitative estimate of drug-likeness (QED) is 0.0912. The maximum atomic E-state index is 13.9. The van der Waals surface area contributed by atoms with Crippen LogP contribution in [0.15, 0.2) is 89.9 Å². The number of ether oxygens (including phenoxy) is 1. The van der Waals surface area contributed by atoms with Gasteiger partial charge in [-0.1, -0.05) is 74.5 Å². The molecule has 0 saturated carbocycles. The van der Waals surface area contributed by atoms with E-state index in [4.69, 9.17) is 4.74 Å². The smallest absolute Gasteiger partial charge is 0.407 e. The van der Waals surface area contributed by atoms with Gasteiger partial charge in [-0.3, -0.25) is 4.79 Å². The van der Waals surface area contributed by atoms with E-state index in [0.717, 1.165) is 31.7 Å². The number of carbonyl (C=O) groups excluding carboxylic acids is 3. The molecule has 0 unspecified atom stereocenters. The van der Waals surface area contributed by atoms with Gasteiger partial charge in [0.2, 0.25) is 5.91 Å². The molecule has 0 spiro atoms. The summed E-state index contributed by atoms with van der Waals surface area (Å²) < 4.78 is 9.46. The Kier molecular flexibility index (Phi) is 14.2. The van der Waals surface area contributed by atoms with Gasteiger partial charge in [0.15, 0.2) is 10.0 Å². The number of nitrogens with one attached hydrogen (secondary N) is 3. The molecule has 0 fully saturated rings. The van der Waals surface area contributed by atoms with Crippen molar-refractivity contribution in [3.8, 4) is 10.0 Å². The molecule has 4 atom stereocenters. The number of hydrogen-bond acceptors (Lipinski definition) is 11. The molecule has 2 aromatic carbocycles. The molecule has 5 rings (SSSR count). The van der Waals surface area contributed by atoms with Crippen molar-refractivity contribution < 1.29 is 24.2 Å². The fourth-order valence-corrected chi connectivity index (χ4v) is 7.53. The van der Waals surface area contributed by atoms with E-state index < -0.39 is 36.4 Å². The van der Waals surface area contributed by atoms with Crippen LogP contribution >= 0.6 is 34.2 Å². The summed E-state index contributed by atoms with van der Waals surface area (Å²) >= 11 is 4.21. The van der Waals surface area contributed by atoms with Crippen LogP contribution in [0.1, 0.15) is 42.0 Å². The van der Waals surface area contributed by atoms with Crippen LogP contribution in [0, 0.1) is 5.92 Å². The van der Waals surface area contributed by atoms with E-state index in [9.17, 15) is 19.5 Å². The summed E-state index contributed by atoms with van der Waals surface area (Å²) in [5.41, 5.74) is 2.60. The number of rotatable bonds is 17. The van der Waals surface area contributed by atoms with Gasteiger partial charge < -0.3 is 30.7 Å². The van der Waals surface area contributed by atoms with Gasteiger partial charge in [-0.05, 0) is 53.9 Å². The first-order valence-corrected chi connectivity index (χ1v) is 19.4. The molecule has 4 amide bonds. The normalized spacial score (nSPS) is 13.5. The zero-order valence-electron chi connectivity index (χ0n) is 29.2. The van der Waals surface area contributed by atoms with Crippen LogP contribution in [0.3, 0.4) is 0 Å². The third kappa shape index (κ3) is 11.7. The zero-order chi connectivity index (χ0) is 36.9. The highest BCUT2D eigenvalue weighted by atomic mass is 32.1. The lowest BCUT2D eigenvalue weighted by atomic mass is 9.93. The molecule has 0 aliphatic heterocycles. The van der Waals surface area contributed by atoms with E-state index in [1.54, 1.807) is 25.5 Å². The number of alkyl carbamates (subject to hydrolysis) is 1. The molecule has 5 aromatic rings. The number of hydrogen-bond donors (Lipinski definition) is 4. The van der Waals surface area contributed by atoms with Gasteiger partial charge in [0.05, 0.1) is 29.3 Å². The van der Waals surface area contributed by atoms with Crippen molar-refractivity contribution in [1.82, 2.24) is 35.2 Å². The van der Waals surface area contributed by atoms with Gasteiger partial charge >= 0.3 is 12.1 Å². The Bertz CT molecular complexity index is 1820. The number of urea groups is 1. The third-order valence-corrected chi connectivity index (χ3v) is 10.8. The van der Waals surface area contributed by atoms with Crippen molar-refractivity contribution in [2.24, 2.45) is 5.92 Å². The Morgan fingerprint density at radius 2 is 1.60 bits per heavy atom. The number of aliphatic hydroxyl groups excluding tert-OH is 1. The average Bonchev–Trinajstić information content (AvgIpc) is 3.94. The van der Waals surface area contributed by atoms with E-state index in [0.29, 0.717) is 12.8 Å². The van der Waals surface area contributed by atoms with Crippen LogP contribution in [-0.2, 0) is 35.5 Å². The maximum absolute atomic E-state index is 13.9. The number of nitrogens with zero attached hydrogens (tertiary/aromatic N) is 4. The van der Waals surface area contributed by atoms with E-state index >= 15 is 0 Å². The molecule has 4 N–H and O–H groups in total. The first-order chi connectivity index (χ1) is 25.1. The molecular weight excluding hydrogens is 719 g/mol. The van der Waals surface area contributed by atoms with Crippen molar-refractivity contribution >= 4 is 52.2 Å². The second-order valence-electron chi connectivity index (χ2n) is 12.7. The summed E-state index contributed by atoms with van der Waals surface area (Å²) in [7, 11) is 1.66. The molecule has 0 radical (unpaired) electrons. The number of carbonyl (C=O) groups is 3. The van der Waals surface area contributed by atoms with Crippen molar-refractivity contribution in [2.45, 2.75) is 70.5 Å². The number of aliphatic hydroxyl groups is 1. The Hall–Kier alpha value is -4.70. The SMILES string of the molecule is CC(C)[C@H](NC(=O)N(C)Cc1csc(-c2nccs2)n1)C(=O)N[C@@H](Cc1ccccc1)C[C@H](O)[C@H](Cc1ccccc1)NC(=O)OCc1ccns1. The third-order valence-electron chi connectivity index (χ3n) is 8.24. The van der Waals surface area contributed by atoms with Gasteiger partial charge in [-0.2, -0.15) is 0 Å². The van der Waals surface area contributed by atoms with E-state index in [-0.39, 0.29) is 31.4 Å². The Labute approximate surface area is 315 Å². The van der Waals surface area contributed by atoms with Crippen LogP contribution in [0.4, 0.5) is 9.59 Å². The first kappa shape index (κ1) is 38.5. The molecule has 3 aromatic heterocycles. The van der Waals surface area contributed by atoms with E-state index in [1.807, 2.05) is 85.3 Å². The number of benzene rings is 2. The van der Waals surface area contributed by atoms with Gasteiger partial charge in [0.25, 0.3) is 0 Å². The number of amides is 4. The summed E-state index contributed by atoms with van der Waals surface area (Å²) in [6.07, 6.45) is 2.52. The maximum Gasteiger partial charge on any atom is 0.407 e. The molecule has 0 bridgehead atoms. The first-order valence-electron chi connectivity index (χ1n) is 16.9. The van der Waals surface area contributed by atoms with Crippen molar-refractivity contribution in [2.75, 3.05) is 7.05 Å². The van der Waals surface area contributed by atoms with Gasteiger partial charge in [0.1, 0.15) is 12.6 Å². The number of thiazole rings is 2. The molecule has 0 saturated heterocycles. The molecule has 0 aliphatic carbocycles. The molecule has 15 heteroatoms. The second kappa shape index (κ2) is 19.2. The Morgan fingerprint density at radius 1 is 0.885 bits per heavy atom. The molecule has 12 nitrogen and oxygen atoms in total. The van der Waals surface area contributed by atoms with Gasteiger partial charge in [-0.15, -0.1) is 22.7 Å². The predicted octanol–water partition coefficient (Wildman–Crippen LogP) is 5.91. The summed E-state index contributed by atoms with van der Waals surface area (Å²) in [6.45, 7) is 4.05. The molecule has 52 heavy (non-hydrogen) atoms. The van der Waals surface area contributed by atoms with Crippen molar-refractivity contribution in [1.29, 1.82) is 0 Å². The second-order valence-corrected chi connectivity index (χ2v) is 15.4. The fourth-order valence-electron chi connectivity index (χ4n) is 5.54. The van der Waals surface area contributed by atoms with Crippen LogP contribution < -0.4 is 16.0 Å². The van der Waals surface area contributed by atoms with Crippen LogP contribution in [0.2, 0.25) is 0 Å². The van der Waals surface area contributed by atoms with E-state index in [1.165, 1.54) is 39.1 Å². The molecule has 274 valence electrons. The van der Waals surface area contributed by atoms with Crippen LogP contribution in [0.5, 0.6) is 0 Å². The minimum atomic E-state index is -1.06. The van der Waals surface area contributed by atoms with Crippen molar-refractivity contribution in [3.05, 3.63) is 112 Å². The highest BCUT2D eigenvalue weighted by molar-refractivity contribution is 7.19. The lowest BCUT2D eigenvalue weighted by Gasteiger charge is -2.30. The minimum absolute atomic E-state index is 0.0618. The lowest BCUT2D eigenvalue weighted by Crippen LogP contribution is -2.55. The summed E-state index contributed by atoms with van der Waals surface area (Å²) in [6, 6.07) is 18.4. The molecular formula is C37H43N7O5S3. The largest absolute Gasteiger partial charge is 0.444 e. The van der Waals surface area contributed by atoms with Crippen LogP contribution in [-0.4, -0.2) is 73.7 Å². The topological polar surface area (TPSA) is 159 Å². The Morgan fingerprint density at radius 3 is 2.23 bits per heavy atom. The summed E-state index contributed by atoms with van der Waals surface area (Å²) in [5, 5.41) is 25.9. The van der Waals surface area contributed by atoms with Gasteiger partial charge in [0, 0.05) is 36.2 Å².